The van der Waals surface area contributed by atoms with Gasteiger partial charge in [0, 0.05) is 16.5 Å². The summed E-state index contributed by atoms with van der Waals surface area (Å²) in [6.45, 7) is 2.02. The molecule has 34 heavy (non-hydrogen) atoms. The molecule has 0 aliphatic rings. The summed E-state index contributed by atoms with van der Waals surface area (Å²) in [6, 6.07) is 22.8. The second-order valence-electron chi connectivity index (χ2n) is 7.78. The smallest absolute Gasteiger partial charge is 0.268 e. The van der Waals surface area contributed by atoms with Crippen LogP contribution in [0.3, 0.4) is 0 Å². The Hall–Kier alpha value is -3.55. The molecular weight excluding hydrogens is 467 g/mol. The molecule has 0 aliphatic heterocycles. The lowest BCUT2D eigenvalue weighted by Crippen LogP contribution is -2.22. The number of rotatable bonds is 6. The molecule has 0 amide bonds. The number of benzene rings is 3. The third-order valence-electron chi connectivity index (χ3n) is 5.45. The van der Waals surface area contributed by atoms with Gasteiger partial charge in [-0.05, 0) is 48.9 Å². The predicted octanol–water partition coefficient (Wildman–Crippen LogP) is 6.54. The van der Waals surface area contributed by atoms with Crippen molar-refractivity contribution in [3.05, 3.63) is 112 Å². The maximum absolute atomic E-state index is 13.8. The van der Waals surface area contributed by atoms with Gasteiger partial charge in [-0.3, -0.25) is 14.2 Å². The van der Waals surface area contributed by atoms with Crippen molar-refractivity contribution in [1.29, 1.82) is 0 Å². The van der Waals surface area contributed by atoms with E-state index in [1.165, 1.54) is 47.4 Å². The van der Waals surface area contributed by atoms with Gasteiger partial charge < -0.3 is 0 Å². The summed E-state index contributed by atoms with van der Waals surface area (Å²) in [4.78, 5) is 31.9. The van der Waals surface area contributed by atoms with Crippen molar-refractivity contribution in [2.75, 3.05) is 5.75 Å². The summed E-state index contributed by atoms with van der Waals surface area (Å²) in [6.07, 6.45) is 0. The average molecular weight is 487 g/mol. The predicted molar refractivity (Wildman–Crippen MR) is 137 cm³/mol. The van der Waals surface area contributed by atoms with E-state index in [2.05, 4.69) is 0 Å². The van der Waals surface area contributed by atoms with Gasteiger partial charge in [-0.2, -0.15) is 0 Å². The van der Waals surface area contributed by atoms with Crippen LogP contribution in [-0.4, -0.2) is 21.1 Å². The van der Waals surface area contributed by atoms with Gasteiger partial charge in [0.1, 0.15) is 10.6 Å². The molecule has 0 N–H and O–H groups in total. The number of thioether (sulfide) groups is 1. The molecule has 7 heteroatoms. The molecular formula is C27H19FN2O2S2. The zero-order chi connectivity index (χ0) is 23.7. The van der Waals surface area contributed by atoms with Gasteiger partial charge in [-0.15, -0.1) is 11.3 Å². The molecule has 0 radical (unpaired) electrons. The molecule has 0 bridgehead atoms. The van der Waals surface area contributed by atoms with Gasteiger partial charge in [0.05, 0.1) is 16.8 Å². The number of carbonyl (C=O) groups excluding carboxylic acids is 1. The van der Waals surface area contributed by atoms with E-state index in [0.717, 1.165) is 16.7 Å². The third kappa shape index (κ3) is 4.32. The summed E-state index contributed by atoms with van der Waals surface area (Å²) >= 11 is 2.61. The Morgan fingerprint density at radius 3 is 2.41 bits per heavy atom. The Bertz CT molecular complexity index is 1540. The Morgan fingerprint density at radius 2 is 1.71 bits per heavy atom. The molecule has 3 aromatic carbocycles. The Kier molecular flexibility index (Phi) is 6.13. The molecule has 0 atom stereocenters. The first-order valence-electron chi connectivity index (χ1n) is 10.6. The van der Waals surface area contributed by atoms with Crippen LogP contribution in [0.5, 0.6) is 0 Å². The molecule has 5 aromatic rings. The molecule has 0 saturated heterocycles. The number of thiophene rings is 1. The first-order valence-corrected chi connectivity index (χ1v) is 12.5. The van der Waals surface area contributed by atoms with Gasteiger partial charge in [0.25, 0.3) is 5.56 Å². The highest BCUT2D eigenvalue weighted by Crippen LogP contribution is 2.33. The standard InChI is InChI=1S/C27H19FN2O2S2/c1-17-7-9-18(10-8-17)22-15-33-25-24(22)26(32)30(21-5-3-2-4-6-21)27(29-25)34-16-23(31)19-11-13-20(28)14-12-19/h2-15H,16H2,1H3. The first-order chi connectivity index (χ1) is 16.5. The van der Waals surface area contributed by atoms with Crippen LogP contribution in [0.4, 0.5) is 4.39 Å². The minimum atomic E-state index is -0.392. The Balaban J connectivity index is 1.60. The summed E-state index contributed by atoms with van der Waals surface area (Å²) in [5.74, 6) is -0.478. The molecule has 0 saturated carbocycles. The summed E-state index contributed by atoms with van der Waals surface area (Å²) in [5.41, 5.74) is 3.88. The molecule has 0 spiro atoms. The average Bonchev–Trinajstić information content (AvgIpc) is 3.28. The van der Waals surface area contributed by atoms with Crippen LogP contribution in [0.1, 0.15) is 15.9 Å². The van der Waals surface area contributed by atoms with Crippen LogP contribution < -0.4 is 5.56 Å². The largest absolute Gasteiger partial charge is 0.293 e. The van der Waals surface area contributed by atoms with E-state index in [-0.39, 0.29) is 17.1 Å². The van der Waals surface area contributed by atoms with Crippen molar-refractivity contribution in [2.45, 2.75) is 12.1 Å². The van der Waals surface area contributed by atoms with E-state index in [1.807, 2.05) is 66.9 Å². The van der Waals surface area contributed by atoms with E-state index in [4.69, 9.17) is 4.98 Å². The summed E-state index contributed by atoms with van der Waals surface area (Å²) in [5, 5.41) is 2.96. The molecule has 0 unspecified atom stereocenters. The topological polar surface area (TPSA) is 52.0 Å². The second-order valence-corrected chi connectivity index (χ2v) is 9.59. The van der Waals surface area contributed by atoms with E-state index >= 15 is 0 Å². The van der Waals surface area contributed by atoms with Crippen LogP contribution in [-0.2, 0) is 0 Å². The number of Topliss-reactive ketones (excluding diaryl/α,β-unsaturated/α-hetero) is 1. The van der Waals surface area contributed by atoms with Crippen molar-refractivity contribution in [3.8, 4) is 16.8 Å². The van der Waals surface area contributed by atoms with Crippen LogP contribution in [0, 0.1) is 12.7 Å². The highest BCUT2D eigenvalue weighted by molar-refractivity contribution is 7.99. The van der Waals surface area contributed by atoms with Gasteiger partial charge in [0.15, 0.2) is 10.9 Å². The van der Waals surface area contributed by atoms with Gasteiger partial charge in [-0.25, -0.2) is 9.37 Å². The van der Waals surface area contributed by atoms with Crippen LogP contribution in [0.2, 0.25) is 0 Å². The Labute approximate surface area is 203 Å². The lowest BCUT2D eigenvalue weighted by molar-refractivity contribution is 0.102. The highest BCUT2D eigenvalue weighted by atomic mass is 32.2. The van der Waals surface area contributed by atoms with E-state index in [9.17, 15) is 14.0 Å². The number of fused-ring (bicyclic) bond motifs is 1. The van der Waals surface area contributed by atoms with Crippen molar-refractivity contribution in [3.63, 3.8) is 0 Å². The van der Waals surface area contributed by atoms with Gasteiger partial charge in [0.2, 0.25) is 0 Å². The fourth-order valence-electron chi connectivity index (χ4n) is 3.67. The number of halogens is 1. The number of para-hydroxylation sites is 1. The molecule has 0 fully saturated rings. The maximum atomic E-state index is 13.8. The number of hydrogen-bond acceptors (Lipinski definition) is 5. The number of aryl methyl sites for hydroxylation is 1. The zero-order valence-corrected chi connectivity index (χ0v) is 19.8. The minimum absolute atomic E-state index is 0.0760. The highest BCUT2D eigenvalue weighted by Gasteiger charge is 2.19. The number of aromatic nitrogens is 2. The summed E-state index contributed by atoms with van der Waals surface area (Å²) in [7, 11) is 0. The van der Waals surface area contributed by atoms with Crippen molar-refractivity contribution in [1.82, 2.24) is 9.55 Å². The lowest BCUT2D eigenvalue weighted by atomic mass is 10.1. The maximum Gasteiger partial charge on any atom is 0.268 e. The van der Waals surface area contributed by atoms with Gasteiger partial charge >= 0.3 is 0 Å². The van der Waals surface area contributed by atoms with Gasteiger partial charge in [-0.1, -0.05) is 59.8 Å². The van der Waals surface area contributed by atoms with Crippen molar-refractivity contribution >= 4 is 39.1 Å². The quantitative estimate of drug-likeness (QED) is 0.155. The van der Waals surface area contributed by atoms with Crippen molar-refractivity contribution in [2.24, 2.45) is 0 Å². The lowest BCUT2D eigenvalue weighted by Gasteiger charge is -2.12. The van der Waals surface area contributed by atoms with E-state index in [0.29, 0.717) is 26.6 Å². The molecule has 4 nitrogen and oxygen atoms in total. The van der Waals surface area contributed by atoms with E-state index < -0.39 is 5.82 Å². The van der Waals surface area contributed by atoms with Crippen LogP contribution >= 0.6 is 23.1 Å². The minimum Gasteiger partial charge on any atom is -0.293 e. The molecule has 0 aliphatic carbocycles. The number of carbonyl (C=O) groups is 1. The zero-order valence-electron chi connectivity index (χ0n) is 18.2. The normalized spacial score (nSPS) is 11.1. The Morgan fingerprint density at radius 1 is 1.00 bits per heavy atom. The van der Waals surface area contributed by atoms with Crippen molar-refractivity contribution < 1.29 is 9.18 Å². The fourth-order valence-corrected chi connectivity index (χ4v) is 5.56. The summed E-state index contributed by atoms with van der Waals surface area (Å²) < 4.78 is 14.8. The van der Waals surface area contributed by atoms with E-state index in [1.54, 1.807) is 4.57 Å². The molecule has 2 heterocycles. The third-order valence-corrected chi connectivity index (χ3v) is 7.26. The molecule has 168 valence electrons. The second kappa shape index (κ2) is 9.37. The van der Waals surface area contributed by atoms with Crippen LogP contribution in [0.15, 0.2) is 94.2 Å². The SMILES string of the molecule is Cc1ccc(-c2csc3nc(SCC(=O)c4ccc(F)cc4)n(-c4ccccc4)c(=O)c23)cc1. The van der Waals surface area contributed by atoms with Crippen LogP contribution in [0.25, 0.3) is 27.0 Å². The number of hydrogen-bond donors (Lipinski definition) is 0. The number of nitrogens with zero attached hydrogens (tertiary/aromatic N) is 2. The molecule has 5 rings (SSSR count). The fraction of sp³-hybridized carbons (Fsp3) is 0.0741. The first kappa shape index (κ1) is 22.3. The number of ketones is 1. The molecule has 2 aromatic heterocycles. The monoisotopic (exact) mass is 486 g/mol.